The number of benzene rings is 1. The van der Waals surface area contributed by atoms with Crippen molar-refractivity contribution >= 4 is 27.8 Å². The summed E-state index contributed by atoms with van der Waals surface area (Å²) in [4.78, 5) is 15.3. The summed E-state index contributed by atoms with van der Waals surface area (Å²) in [6, 6.07) is 7.18. The van der Waals surface area contributed by atoms with E-state index in [1.165, 1.54) is 4.90 Å². The number of carbonyl (C=O) groups is 1. The first-order valence-electron chi connectivity index (χ1n) is 8.07. The normalized spacial score (nSPS) is 27.3. The van der Waals surface area contributed by atoms with Gasteiger partial charge < -0.3 is 10.0 Å². The predicted octanol–water partition coefficient (Wildman–Crippen LogP) is 1.66. The molecule has 3 rings (SSSR count). The molecule has 0 spiro atoms. The molecule has 9 heteroatoms. The van der Waals surface area contributed by atoms with E-state index in [1.807, 2.05) is 12.1 Å². The van der Waals surface area contributed by atoms with Gasteiger partial charge in [0.1, 0.15) is 0 Å². The van der Waals surface area contributed by atoms with Crippen LogP contribution in [0, 0.1) is 0 Å². The molecule has 138 valence electrons. The van der Waals surface area contributed by atoms with Crippen molar-refractivity contribution in [2.75, 3.05) is 25.9 Å². The molecule has 1 amide bonds. The van der Waals surface area contributed by atoms with E-state index in [-0.39, 0.29) is 12.1 Å². The molecule has 1 aromatic rings. The third kappa shape index (κ3) is 4.63. The highest BCUT2D eigenvalue weighted by atomic mass is 35.5. The van der Waals surface area contributed by atoms with Gasteiger partial charge in [-0.2, -0.15) is 8.42 Å². The van der Waals surface area contributed by atoms with Crippen molar-refractivity contribution in [3.05, 3.63) is 34.9 Å². The molecule has 2 aliphatic heterocycles. The highest BCUT2D eigenvalue weighted by Gasteiger charge is 2.43. The van der Waals surface area contributed by atoms with Gasteiger partial charge in [-0.3, -0.25) is 9.08 Å². The van der Waals surface area contributed by atoms with Gasteiger partial charge in [-0.1, -0.05) is 23.7 Å². The predicted molar refractivity (Wildman–Crippen MR) is 93.4 cm³/mol. The molecule has 0 bridgehead atoms. The van der Waals surface area contributed by atoms with Crippen molar-refractivity contribution in [2.45, 2.75) is 31.0 Å². The summed E-state index contributed by atoms with van der Waals surface area (Å²) in [7, 11) is -3.52. The number of rotatable bonds is 4. The van der Waals surface area contributed by atoms with Gasteiger partial charge in [0.25, 0.3) is 10.1 Å². The van der Waals surface area contributed by atoms with Gasteiger partial charge >= 0.3 is 6.09 Å². The lowest BCUT2D eigenvalue weighted by Gasteiger charge is -2.42. The fourth-order valence-electron chi connectivity index (χ4n) is 3.72. The highest BCUT2D eigenvalue weighted by molar-refractivity contribution is 7.86. The van der Waals surface area contributed by atoms with Gasteiger partial charge in [0.2, 0.25) is 0 Å². The van der Waals surface area contributed by atoms with E-state index in [0.29, 0.717) is 37.5 Å². The minimum atomic E-state index is -3.52. The smallest absolute Gasteiger partial charge is 0.407 e. The Morgan fingerprint density at radius 2 is 1.96 bits per heavy atom. The standard InChI is InChI=1S/C16H21ClN2O5S/c1-25(22,23)24-15-7-13-9-19(16(20)21)14(8-18(13)10-15)6-11-2-4-12(17)5-3-11/h2-5,13-15H,6-10H2,1H3,(H,20,21)/t13-,14-,15+/m0/s1. The third-order valence-electron chi connectivity index (χ3n) is 4.72. The van der Waals surface area contributed by atoms with Crippen molar-refractivity contribution in [2.24, 2.45) is 0 Å². The second kappa shape index (κ2) is 7.11. The maximum Gasteiger partial charge on any atom is 0.407 e. The number of halogens is 1. The molecule has 0 aliphatic carbocycles. The number of amides is 1. The molecule has 7 nitrogen and oxygen atoms in total. The van der Waals surface area contributed by atoms with Gasteiger partial charge in [0.05, 0.1) is 18.4 Å². The quantitative estimate of drug-likeness (QED) is 0.789. The SMILES string of the molecule is CS(=O)(=O)O[C@@H]1C[C@H]2CN(C(=O)O)[C@@H](Cc3ccc(Cl)cc3)CN2C1. The minimum Gasteiger partial charge on any atom is -0.465 e. The van der Waals surface area contributed by atoms with E-state index in [1.54, 1.807) is 12.1 Å². The second-order valence-corrected chi connectivity index (χ2v) is 8.72. The van der Waals surface area contributed by atoms with Crippen LogP contribution in [0.3, 0.4) is 0 Å². The van der Waals surface area contributed by atoms with Gasteiger partial charge in [0.15, 0.2) is 0 Å². The van der Waals surface area contributed by atoms with Gasteiger partial charge in [-0.05, 0) is 30.5 Å². The van der Waals surface area contributed by atoms with Crippen molar-refractivity contribution < 1.29 is 22.5 Å². The van der Waals surface area contributed by atoms with Gasteiger partial charge in [0, 0.05) is 30.7 Å². The average Bonchev–Trinajstić information content (AvgIpc) is 2.87. The fraction of sp³-hybridized carbons (Fsp3) is 0.562. The summed E-state index contributed by atoms with van der Waals surface area (Å²) in [5, 5.41) is 10.2. The zero-order chi connectivity index (χ0) is 18.2. The summed E-state index contributed by atoms with van der Waals surface area (Å²) < 4.78 is 27.8. The van der Waals surface area contributed by atoms with E-state index >= 15 is 0 Å². The summed E-state index contributed by atoms with van der Waals surface area (Å²) >= 11 is 5.90. The Bertz CT molecular complexity index is 739. The summed E-state index contributed by atoms with van der Waals surface area (Å²) in [6.45, 7) is 1.42. The van der Waals surface area contributed by atoms with E-state index in [9.17, 15) is 18.3 Å². The van der Waals surface area contributed by atoms with E-state index in [0.717, 1.165) is 11.8 Å². The Labute approximate surface area is 152 Å². The summed E-state index contributed by atoms with van der Waals surface area (Å²) in [5.74, 6) is 0. The van der Waals surface area contributed by atoms with Crippen LogP contribution in [0.4, 0.5) is 4.79 Å². The van der Waals surface area contributed by atoms with Gasteiger partial charge in [-0.25, -0.2) is 4.79 Å². The monoisotopic (exact) mass is 388 g/mol. The van der Waals surface area contributed by atoms with Crippen molar-refractivity contribution in [3.63, 3.8) is 0 Å². The Kier molecular flexibility index (Phi) is 5.24. The molecule has 0 saturated carbocycles. The van der Waals surface area contributed by atoms with Crippen LogP contribution in [-0.4, -0.2) is 73.5 Å². The molecule has 0 unspecified atom stereocenters. The molecule has 2 fully saturated rings. The molecule has 2 heterocycles. The third-order valence-corrected chi connectivity index (χ3v) is 5.60. The molecule has 1 aromatic carbocycles. The van der Waals surface area contributed by atoms with Crippen molar-refractivity contribution in [1.29, 1.82) is 0 Å². The molecule has 25 heavy (non-hydrogen) atoms. The maximum absolute atomic E-state index is 11.7. The molecule has 3 atom stereocenters. The van der Waals surface area contributed by atoms with E-state index < -0.39 is 22.3 Å². The largest absolute Gasteiger partial charge is 0.465 e. The van der Waals surface area contributed by atoms with Crippen LogP contribution in [0.15, 0.2) is 24.3 Å². The van der Waals surface area contributed by atoms with Crippen LogP contribution < -0.4 is 0 Å². The van der Waals surface area contributed by atoms with Crippen LogP contribution >= 0.6 is 11.6 Å². The molecular formula is C16H21ClN2O5S. The first kappa shape index (κ1) is 18.4. The first-order chi connectivity index (χ1) is 11.7. The molecule has 0 radical (unpaired) electrons. The number of piperazine rings is 1. The van der Waals surface area contributed by atoms with Gasteiger partial charge in [-0.15, -0.1) is 0 Å². The topological polar surface area (TPSA) is 87.2 Å². The minimum absolute atomic E-state index is 0.00989. The Balaban J connectivity index is 1.71. The van der Waals surface area contributed by atoms with Crippen LogP contribution in [0.2, 0.25) is 5.02 Å². The number of hydrogen-bond acceptors (Lipinski definition) is 5. The summed E-state index contributed by atoms with van der Waals surface area (Å²) in [6.07, 6.45) is 0.780. The maximum atomic E-state index is 11.7. The lowest BCUT2D eigenvalue weighted by atomic mass is 10.0. The lowest BCUT2D eigenvalue weighted by Crippen LogP contribution is -2.58. The zero-order valence-electron chi connectivity index (χ0n) is 13.8. The fourth-order valence-corrected chi connectivity index (χ4v) is 4.47. The Morgan fingerprint density at radius 3 is 2.56 bits per heavy atom. The Hall–Kier alpha value is -1.35. The zero-order valence-corrected chi connectivity index (χ0v) is 15.4. The first-order valence-corrected chi connectivity index (χ1v) is 10.3. The molecule has 2 saturated heterocycles. The number of fused-ring (bicyclic) bond motifs is 1. The summed E-state index contributed by atoms with van der Waals surface area (Å²) in [5.41, 5.74) is 1.02. The van der Waals surface area contributed by atoms with Crippen LogP contribution in [0.1, 0.15) is 12.0 Å². The highest BCUT2D eigenvalue weighted by Crippen LogP contribution is 2.29. The second-order valence-electron chi connectivity index (χ2n) is 6.69. The van der Waals surface area contributed by atoms with Crippen LogP contribution in [0.25, 0.3) is 0 Å². The average molecular weight is 389 g/mol. The van der Waals surface area contributed by atoms with Crippen molar-refractivity contribution in [3.8, 4) is 0 Å². The lowest BCUT2D eigenvalue weighted by molar-refractivity contribution is 0.0498. The molecular weight excluding hydrogens is 368 g/mol. The van der Waals surface area contributed by atoms with Crippen molar-refractivity contribution in [1.82, 2.24) is 9.80 Å². The number of carboxylic acid groups (broad SMARTS) is 1. The molecule has 0 aromatic heterocycles. The molecule has 1 N–H and O–H groups in total. The van der Waals surface area contributed by atoms with E-state index in [2.05, 4.69) is 4.90 Å². The van der Waals surface area contributed by atoms with Crippen LogP contribution in [-0.2, 0) is 20.7 Å². The number of hydrogen-bond donors (Lipinski definition) is 1. The van der Waals surface area contributed by atoms with Crippen LogP contribution in [0.5, 0.6) is 0 Å². The Morgan fingerprint density at radius 1 is 1.28 bits per heavy atom. The number of nitrogens with zero attached hydrogens (tertiary/aromatic N) is 2. The molecule has 2 aliphatic rings. The van der Waals surface area contributed by atoms with E-state index in [4.69, 9.17) is 15.8 Å².